The van der Waals surface area contributed by atoms with Gasteiger partial charge in [-0.3, -0.25) is 4.90 Å². The smallest absolute Gasteiger partial charge is 0.356 e. The number of methoxy groups -OCH3 is 1. The summed E-state index contributed by atoms with van der Waals surface area (Å²) >= 11 is 0. The average molecular weight is 252 g/mol. The highest BCUT2D eigenvalue weighted by Crippen LogP contribution is 2.08. The van der Waals surface area contributed by atoms with E-state index in [1.165, 1.54) is 7.11 Å². The van der Waals surface area contributed by atoms with E-state index in [9.17, 15) is 9.90 Å². The topological polar surface area (TPSA) is 62.7 Å². The lowest BCUT2D eigenvalue weighted by Crippen LogP contribution is -2.36. The molecule has 0 atom stereocenters. The monoisotopic (exact) mass is 252 g/mol. The van der Waals surface area contributed by atoms with Crippen molar-refractivity contribution >= 4 is 5.97 Å². The molecule has 0 bridgehead atoms. The maximum atomic E-state index is 11.3. The van der Waals surface area contributed by atoms with Gasteiger partial charge in [0.25, 0.3) is 0 Å². The molecule has 1 aromatic heterocycles. The van der Waals surface area contributed by atoms with Crippen molar-refractivity contribution in [3.05, 3.63) is 29.6 Å². The molecule has 18 heavy (non-hydrogen) atoms. The second-order valence-corrected chi connectivity index (χ2v) is 4.99. The van der Waals surface area contributed by atoms with E-state index in [-0.39, 0.29) is 0 Å². The van der Waals surface area contributed by atoms with Gasteiger partial charge in [0.15, 0.2) is 0 Å². The van der Waals surface area contributed by atoms with Gasteiger partial charge in [0, 0.05) is 13.1 Å². The van der Waals surface area contributed by atoms with E-state index in [1.54, 1.807) is 26.0 Å². The van der Waals surface area contributed by atoms with E-state index in [0.717, 1.165) is 5.69 Å². The molecule has 1 aromatic rings. The quantitative estimate of drug-likeness (QED) is 0.794. The third kappa shape index (κ3) is 4.81. The number of nitrogens with zero attached hydrogens (tertiary/aromatic N) is 2. The lowest BCUT2D eigenvalue weighted by Gasteiger charge is -2.25. The number of hydrogen-bond donors (Lipinski definition) is 1. The summed E-state index contributed by atoms with van der Waals surface area (Å²) in [5.41, 5.74) is 0.311. The number of hydrogen-bond acceptors (Lipinski definition) is 5. The summed E-state index contributed by atoms with van der Waals surface area (Å²) in [6.45, 7) is 4.59. The molecule has 0 unspecified atom stereocenters. The van der Waals surface area contributed by atoms with Crippen molar-refractivity contribution in [2.45, 2.75) is 26.0 Å². The Hall–Kier alpha value is -1.46. The Bertz CT molecular complexity index is 413. The molecule has 0 aliphatic carbocycles. The van der Waals surface area contributed by atoms with Crippen LogP contribution >= 0.6 is 0 Å². The number of carbonyl (C=O) groups is 1. The summed E-state index contributed by atoms with van der Waals surface area (Å²) in [6, 6.07) is 5.23. The van der Waals surface area contributed by atoms with Crippen LogP contribution in [-0.4, -0.2) is 47.3 Å². The normalized spacial score (nSPS) is 11.7. The second kappa shape index (κ2) is 5.93. The van der Waals surface area contributed by atoms with E-state index in [0.29, 0.717) is 18.8 Å². The predicted octanol–water partition coefficient (Wildman–Crippen LogP) is 1.07. The highest BCUT2D eigenvalue weighted by Gasteiger charge is 2.16. The SMILES string of the molecule is COC(=O)c1cccc(CN(C)CC(C)(C)O)n1. The summed E-state index contributed by atoms with van der Waals surface area (Å²) in [5, 5.41) is 9.71. The molecule has 5 nitrogen and oxygen atoms in total. The highest BCUT2D eigenvalue weighted by molar-refractivity contribution is 5.87. The number of likely N-dealkylation sites (N-methyl/N-ethyl adjacent to an activating group) is 1. The van der Waals surface area contributed by atoms with Gasteiger partial charge in [-0.1, -0.05) is 6.07 Å². The van der Waals surface area contributed by atoms with Crippen molar-refractivity contribution in [3.8, 4) is 0 Å². The third-order valence-electron chi connectivity index (χ3n) is 2.29. The molecular weight excluding hydrogens is 232 g/mol. The van der Waals surface area contributed by atoms with E-state index in [1.807, 2.05) is 18.0 Å². The molecule has 0 radical (unpaired) electrons. The second-order valence-electron chi connectivity index (χ2n) is 4.99. The molecule has 1 rings (SSSR count). The van der Waals surface area contributed by atoms with Gasteiger partial charge in [-0.25, -0.2) is 9.78 Å². The van der Waals surface area contributed by atoms with Crippen molar-refractivity contribution < 1.29 is 14.6 Å². The Morgan fingerprint density at radius 1 is 1.50 bits per heavy atom. The van der Waals surface area contributed by atoms with Crippen molar-refractivity contribution in [1.82, 2.24) is 9.88 Å². The average Bonchev–Trinajstić information content (AvgIpc) is 2.25. The Labute approximate surface area is 107 Å². The molecule has 0 saturated carbocycles. The van der Waals surface area contributed by atoms with E-state index >= 15 is 0 Å². The molecule has 1 N–H and O–H groups in total. The first-order chi connectivity index (χ1) is 8.31. The summed E-state index contributed by atoms with van der Waals surface area (Å²) < 4.78 is 4.62. The molecular formula is C13H20N2O3. The molecule has 5 heteroatoms. The zero-order valence-corrected chi connectivity index (χ0v) is 11.3. The number of rotatable bonds is 5. The van der Waals surface area contributed by atoms with Gasteiger partial charge in [-0.2, -0.15) is 0 Å². The first kappa shape index (κ1) is 14.6. The van der Waals surface area contributed by atoms with Gasteiger partial charge in [0.2, 0.25) is 0 Å². The molecule has 100 valence electrons. The predicted molar refractivity (Wildman–Crippen MR) is 68.2 cm³/mol. The molecule has 0 spiro atoms. The van der Waals surface area contributed by atoms with E-state index in [4.69, 9.17) is 0 Å². The van der Waals surface area contributed by atoms with Crippen molar-refractivity contribution in [1.29, 1.82) is 0 Å². The molecule has 0 fully saturated rings. The minimum absolute atomic E-state index is 0.298. The lowest BCUT2D eigenvalue weighted by molar-refractivity contribution is 0.0419. The van der Waals surface area contributed by atoms with Gasteiger partial charge in [0.1, 0.15) is 5.69 Å². The first-order valence-corrected chi connectivity index (χ1v) is 5.77. The zero-order chi connectivity index (χ0) is 13.8. The van der Waals surface area contributed by atoms with Crippen LogP contribution in [0.25, 0.3) is 0 Å². The van der Waals surface area contributed by atoms with Gasteiger partial charge < -0.3 is 9.84 Å². The molecule has 0 saturated heterocycles. The van der Waals surface area contributed by atoms with Gasteiger partial charge in [0.05, 0.1) is 18.4 Å². The number of aliphatic hydroxyl groups is 1. The summed E-state index contributed by atoms with van der Waals surface area (Å²) in [6.07, 6.45) is 0. The summed E-state index contributed by atoms with van der Waals surface area (Å²) in [5.74, 6) is -0.443. The van der Waals surface area contributed by atoms with Crippen molar-refractivity contribution in [2.24, 2.45) is 0 Å². The van der Waals surface area contributed by atoms with Crippen LogP contribution < -0.4 is 0 Å². The fourth-order valence-electron chi connectivity index (χ4n) is 1.78. The molecule has 0 aromatic carbocycles. The van der Waals surface area contributed by atoms with Crippen LogP contribution in [0.15, 0.2) is 18.2 Å². The maximum Gasteiger partial charge on any atom is 0.356 e. The minimum Gasteiger partial charge on any atom is -0.464 e. The zero-order valence-electron chi connectivity index (χ0n) is 11.3. The third-order valence-corrected chi connectivity index (χ3v) is 2.29. The number of aromatic nitrogens is 1. The molecule has 0 aliphatic rings. The van der Waals surface area contributed by atoms with Gasteiger partial charge in [-0.05, 0) is 33.0 Å². The minimum atomic E-state index is -0.755. The van der Waals surface area contributed by atoms with Crippen molar-refractivity contribution in [3.63, 3.8) is 0 Å². The van der Waals surface area contributed by atoms with E-state index < -0.39 is 11.6 Å². The van der Waals surface area contributed by atoms with Crippen LogP contribution in [0.2, 0.25) is 0 Å². The van der Waals surface area contributed by atoms with Crippen LogP contribution in [0.1, 0.15) is 30.0 Å². The Morgan fingerprint density at radius 2 is 2.17 bits per heavy atom. The first-order valence-electron chi connectivity index (χ1n) is 5.77. The number of esters is 1. The summed E-state index contributed by atoms with van der Waals surface area (Å²) in [7, 11) is 3.22. The van der Waals surface area contributed by atoms with Crippen LogP contribution in [0.5, 0.6) is 0 Å². The van der Waals surface area contributed by atoms with Crippen LogP contribution in [0, 0.1) is 0 Å². The summed E-state index contributed by atoms with van der Waals surface area (Å²) in [4.78, 5) is 17.5. The highest BCUT2D eigenvalue weighted by atomic mass is 16.5. The number of pyridine rings is 1. The fraction of sp³-hybridized carbons (Fsp3) is 0.538. The molecule has 1 heterocycles. The van der Waals surface area contributed by atoms with Crippen molar-refractivity contribution in [2.75, 3.05) is 20.7 Å². The van der Waals surface area contributed by atoms with Gasteiger partial charge >= 0.3 is 5.97 Å². The number of carbonyl (C=O) groups excluding carboxylic acids is 1. The standard InChI is InChI=1S/C13H20N2O3/c1-13(2,17)9-15(3)8-10-6-5-7-11(14-10)12(16)18-4/h5-7,17H,8-9H2,1-4H3. The largest absolute Gasteiger partial charge is 0.464 e. The maximum absolute atomic E-state index is 11.3. The van der Waals surface area contributed by atoms with Crippen LogP contribution in [0.4, 0.5) is 0 Å². The van der Waals surface area contributed by atoms with Crippen LogP contribution in [0.3, 0.4) is 0 Å². The Balaban J connectivity index is 2.70. The van der Waals surface area contributed by atoms with Gasteiger partial charge in [-0.15, -0.1) is 0 Å². The molecule has 0 aliphatic heterocycles. The van der Waals surface area contributed by atoms with Crippen LogP contribution in [-0.2, 0) is 11.3 Å². The fourth-order valence-corrected chi connectivity index (χ4v) is 1.78. The molecule has 0 amide bonds. The lowest BCUT2D eigenvalue weighted by atomic mass is 10.1. The Kier molecular flexibility index (Phi) is 4.81. The van der Waals surface area contributed by atoms with E-state index in [2.05, 4.69) is 9.72 Å². The number of ether oxygens (including phenoxy) is 1. The Morgan fingerprint density at radius 3 is 2.72 bits per heavy atom.